The lowest BCUT2D eigenvalue weighted by atomic mass is 10.1. The van der Waals surface area contributed by atoms with Crippen LogP contribution in [0.4, 0.5) is 9.52 Å². The van der Waals surface area contributed by atoms with E-state index in [-0.39, 0.29) is 5.56 Å². The van der Waals surface area contributed by atoms with Crippen LogP contribution in [0.2, 0.25) is 0 Å². The minimum absolute atomic E-state index is 0.177. The Hall–Kier alpha value is -3.06. The van der Waals surface area contributed by atoms with Gasteiger partial charge in [-0.05, 0) is 31.2 Å². The van der Waals surface area contributed by atoms with Crippen molar-refractivity contribution in [1.29, 1.82) is 0 Å². The summed E-state index contributed by atoms with van der Waals surface area (Å²) in [5.41, 5.74) is 1.94. The van der Waals surface area contributed by atoms with Gasteiger partial charge in [0.2, 0.25) is 0 Å². The fourth-order valence-corrected chi connectivity index (χ4v) is 3.12. The molecule has 0 unspecified atom stereocenters. The number of benzene rings is 2. The molecule has 5 nitrogen and oxygen atoms in total. The van der Waals surface area contributed by atoms with E-state index in [0.717, 1.165) is 28.3 Å². The van der Waals surface area contributed by atoms with Crippen LogP contribution in [0.15, 0.2) is 54.6 Å². The maximum atomic E-state index is 12.8. The molecule has 1 heterocycles. The number of aryl methyl sites for hydroxylation is 1. The van der Waals surface area contributed by atoms with Gasteiger partial charge in [-0.25, -0.2) is 14.2 Å². The van der Waals surface area contributed by atoms with Crippen LogP contribution in [0.5, 0.6) is 0 Å². The highest BCUT2D eigenvalue weighted by Gasteiger charge is 2.14. The molecule has 0 aliphatic carbocycles. The van der Waals surface area contributed by atoms with Gasteiger partial charge in [0.05, 0.1) is 11.3 Å². The number of carbonyl (C=O) groups is 2. The zero-order valence-corrected chi connectivity index (χ0v) is 14.7. The van der Waals surface area contributed by atoms with E-state index in [4.69, 9.17) is 4.74 Å². The smallest absolute Gasteiger partial charge is 0.338 e. The second-order valence-electron chi connectivity index (χ2n) is 5.42. The summed E-state index contributed by atoms with van der Waals surface area (Å²) in [4.78, 5) is 29.2. The molecule has 26 heavy (non-hydrogen) atoms. The summed E-state index contributed by atoms with van der Waals surface area (Å²) in [6.07, 6.45) is 0. The van der Waals surface area contributed by atoms with Gasteiger partial charge in [-0.1, -0.05) is 30.3 Å². The Morgan fingerprint density at radius 2 is 1.81 bits per heavy atom. The number of esters is 1. The van der Waals surface area contributed by atoms with Crippen LogP contribution in [0.1, 0.15) is 15.2 Å². The monoisotopic (exact) mass is 370 g/mol. The molecular weight excluding hydrogens is 355 g/mol. The van der Waals surface area contributed by atoms with Gasteiger partial charge in [0.1, 0.15) is 5.82 Å². The van der Waals surface area contributed by atoms with Crippen LogP contribution in [-0.2, 0) is 9.53 Å². The first-order chi connectivity index (χ1) is 12.5. The number of nitrogens with one attached hydrogen (secondary N) is 1. The third kappa shape index (κ3) is 4.31. The lowest BCUT2D eigenvalue weighted by Gasteiger charge is -2.04. The second-order valence-corrected chi connectivity index (χ2v) is 6.62. The third-order valence-corrected chi connectivity index (χ3v) is 4.39. The first-order valence-electron chi connectivity index (χ1n) is 7.78. The lowest BCUT2D eigenvalue weighted by molar-refractivity contribution is -0.119. The molecule has 0 saturated heterocycles. The van der Waals surface area contributed by atoms with Crippen molar-refractivity contribution < 1.29 is 18.7 Å². The SMILES string of the molecule is Cc1sc(NC(=O)COC(=O)c2ccc(F)cc2)nc1-c1ccccc1. The summed E-state index contributed by atoms with van der Waals surface area (Å²) >= 11 is 1.34. The summed E-state index contributed by atoms with van der Waals surface area (Å²) in [7, 11) is 0. The maximum Gasteiger partial charge on any atom is 0.338 e. The van der Waals surface area contributed by atoms with Crippen molar-refractivity contribution in [3.8, 4) is 11.3 Å². The number of amides is 1. The minimum atomic E-state index is -0.694. The molecule has 132 valence electrons. The molecule has 1 aromatic heterocycles. The van der Waals surface area contributed by atoms with Crippen LogP contribution < -0.4 is 5.32 Å². The van der Waals surface area contributed by atoms with E-state index in [0.29, 0.717) is 5.13 Å². The Balaban J connectivity index is 1.58. The van der Waals surface area contributed by atoms with Crippen molar-refractivity contribution in [2.75, 3.05) is 11.9 Å². The number of ether oxygens (including phenoxy) is 1. The number of nitrogens with zero attached hydrogens (tertiary/aromatic N) is 1. The van der Waals surface area contributed by atoms with Crippen molar-refractivity contribution in [1.82, 2.24) is 4.98 Å². The van der Waals surface area contributed by atoms with Gasteiger partial charge < -0.3 is 4.74 Å². The standard InChI is InChI=1S/C19H15FN2O3S/c1-12-17(13-5-3-2-4-6-13)22-19(26-12)21-16(23)11-25-18(24)14-7-9-15(20)10-8-14/h2-10H,11H2,1H3,(H,21,22,23). The number of halogens is 1. The number of anilines is 1. The van der Waals surface area contributed by atoms with E-state index >= 15 is 0 Å². The van der Waals surface area contributed by atoms with Gasteiger partial charge >= 0.3 is 5.97 Å². The van der Waals surface area contributed by atoms with E-state index in [1.165, 1.54) is 23.5 Å². The van der Waals surface area contributed by atoms with Crippen molar-refractivity contribution in [2.24, 2.45) is 0 Å². The van der Waals surface area contributed by atoms with Gasteiger partial charge in [-0.15, -0.1) is 11.3 Å². The first kappa shape index (κ1) is 17.8. The Kier molecular flexibility index (Phi) is 5.38. The fraction of sp³-hybridized carbons (Fsp3) is 0.105. The van der Waals surface area contributed by atoms with Crippen molar-refractivity contribution in [2.45, 2.75) is 6.92 Å². The zero-order chi connectivity index (χ0) is 18.5. The molecule has 3 rings (SSSR count). The zero-order valence-electron chi connectivity index (χ0n) is 13.9. The summed E-state index contributed by atoms with van der Waals surface area (Å²) in [5.74, 6) is -1.64. The largest absolute Gasteiger partial charge is 0.452 e. The molecule has 0 atom stereocenters. The highest BCUT2D eigenvalue weighted by Crippen LogP contribution is 2.30. The van der Waals surface area contributed by atoms with Gasteiger partial charge in [-0.3, -0.25) is 10.1 Å². The normalized spacial score (nSPS) is 10.4. The van der Waals surface area contributed by atoms with Gasteiger partial charge in [0.25, 0.3) is 5.91 Å². The molecule has 0 spiro atoms. The van der Waals surface area contributed by atoms with Crippen LogP contribution >= 0.6 is 11.3 Å². The number of aromatic nitrogens is 1. The first-order valence-corrected chi connectivity index (χ1v) is 8.60. The molecule has 1 N–H and O–H groups in total. The predicted molar refractivity (Wildman–Crippen MR) is 97.6 cm³/mol. The Morgan fingerprint density at radius 3 is 2.50 bits per heavy atom. The molecule has 3 aromatic rings. The molecule has 7 heteroatoms. The van der Waals surface area contributed by atoms with E-state index in [2.05, 4.69) is 10.3 Å². The van der Waals surface area contributed by atoms with Gasteiger partial charge in [0, 0.05) is 10.4 Å². The lowest BCUT2D eigenvalue weighted by Crippen LogP contribution is -2.20. The molecule has 0 aliphatic rings. The topological polar surface area (TPSA) is 68.3 Å². The molecule has 0 aliphatic heterocycles. The fourth-order valence-electron chi connectivity index (χ4n) is 2.27. The molecule has 0 bridgehead atoms. The quantitative estimate of drug-likeness (QED) is 0.688. The van der Waals surface area contributed by atoms with E-state index in [9.17, 15) is 14.0 Å². The summed E-state index contributed by atoms with van der Waals surface area (Å²) in [6.45, 7) is 1.47. The summed E-state index contributed by atoms with van der Waals surface area (Å²) in [6, 6.07) is 14.5. The van der Waals surface area contributed by atoms with Crippen molar-refractivity contribution >= 4 is 28.3 Å². The highest BCUT2D eigenvalue weighted by atomic mass is 32.1. The molecule has 0 saturated carbocycles. The number of thiazole rings is 1. The average molecular weight is 370 g/mol. The Labute approximate surface area is 153 Å². The van der Waals surface area contributed by atoms with Crippen LogP contribution in [0, 0.1) is 12.7 Å². The molecule has 2 aromatic carbocycles. The molecule has 0 fully saturated rings. The number of rotatable bonds is 5. The van der Waals surface area contributed by atoms with E-state index < -0.39 is 24.3 Å². The van der Waals surface area contributed by atoms with Crippen LogP contribution in [0.25, 0.3) is 11.3 Å². The molecule has 1 amide bonds. The third-order valence-electron chi connectivity index (χ3n) is 3.50. The number of carbonyl (C=O) groups excluding carboxylic acids is 2. The maximum absolute atomic E-state index is 12.8. The highest BCUT2D eigenvalue weighted by molar-refractivity contribution is 7.16. The van der Waals surface area contributed by atoms with Crippen LogP contribution in [-0.4, -0.2) is 23.5 Å². The van der Waals surface area contributed by atoms with Crippen molar-refractivity contribution in [3.05, 3.63) is 70.9 Å². The van der Waals surface area contributed by atoms with E-state index in [1.807, 2.05) is 37.3 Å². The minimum Gasteiger partial charge on any atom is -0.452 e. The Morgan fingerprint density at radius 1 is 1.12 bits per heavy atom. The van der Waals surface area contributed by atoms with Crippen molar-refractivity contribution in [3.63, 3.8) is 0 Å². The van der Waals surface area contributed by atoms with Gasteiger partial charge in [0.15, 0.2) is 11.7 Å². The van der Waals surface area contributed by atoms with Crippen LogP contribution in [0.3, 0.4) is 0 Å². The predicted octanol–water partition coefficient (Wildman–Crippen LogP) is 4.05. The number of hydrogen-bond donors (Lipinski definition) is 1. The number of hydrogen-bond acceptors (Lipinski definition) is 5. The summed E-state index contributed by atoms with van der Waals surface area (Å²) < 4.78 is 17.8. The molecular formula is C19H15FN2O3S. The molecule has 0 radical (unpaired) electrons. The Bertz CT molecular complexity index is 924. The second kappa shape index (κ2) is 7.88. The summed E-state index contributed by atoms with van der Waals surface area (Å²) in [5, 5.41) is 3.05. The van der Waals surface area contributed by atoms with E-state index in [1.54, 1.807) is 0 Å². The average Bonchev–Trinajstić information content (AvgIpc) is 3.01. The van der Waals surface area contributed by atoms with Gasteiger partial charge in [-0.2, -0.15) is 0 Å².